The quantitative estimate of drug-likeness (QED) is 0.498. The summed E-state index contributed by atoms with van der Waals surface area (Å²) in [4.78, 5) is 29.7. The number of primary amides is 1. The van der Waals surface area contributed by atoms with E-state index in [4.69, 9.17) is 5.73 Å². The fourth-order valence-electron chi connectivity index (χ4n) is 2.77. The Balaban J connectivity index is 1.68. The van der Waals surface area contributed by atoms with Crippen LogP contribution in [-0.2, 0) is 11.2 Å². The molecule has 1 unspecified atom stereocenters. The average molecular weight is 488 g/mol. The average Bonchev–Trinajstić information content (AvgIpc) is 2.74. The fourth-order valence-corrected chi connectivity index (χ4v) is 3.89. The zero-order chi connectivity index (χ0) is 21.5. The van der Waals surface area contributed by atoms with Crippen LogP contribution in [0.4, 0.5) is 4.39 Å². The van der Waals surface area contributed by atoms with Crippen LogP contribution in [0.3, 0.4) is 0 Å². The lowest BCUT2D eigenvalue weighted by Crippen LogP contribution is -2.37. The van der Waals surface area contributed by atoms with Gasteiger partial charge in [0.15, 0.2) is 0 Å². The molecule has 30 heavy (non-hydrogen) atoms. The predicted molar refractivity (Wildman–Crippen MR) is 118 cm³/mol. The minimum atomic E-state index is -0.604. The number of carbonyl (C=O) groups is 2. The number of aromatic nitrogens is 1. The molecule has 0 spiro atoms. The normalized spacial score (nSPS) is 11.7. The molecule has 0 saturated carbocycles. The van der Waals surface area contributed by atoms with E-state index in [1.165, 1.54) is 23.9 Å². The summed E-state index contributed by atoms with van der Waals surface area (Å²) in [5.74, 6) is -1.79. The van der Waals surface area contributed by atoms with Crippen molar-refractivity contribution < 1.29 is 14.0 Å². The number of carbonyl (C=O) groups excluding carboxylic acids is 2. The Morgan fingerprint density at radius 2 is 1.83 bits per heavy atom. The Kier molecular flexibility index (Phi) is 7.59. The standard InChI is InChI=1S/C22H19BrFN3O2S/c23-16-7-10-20(26-13-16)30-19-4-2-1-3-18(19)22(29)27-12-15(21(25)28)11-14-5-8-17(24)9-6-14/h1-10,13,15H,11-12H2,(H2,25,28)(H,27,29). The molecule has 1 atom stereocenters. The summed E-state index contributed by atoms with van der Waals surface area (Å²) in [7, 11) is 0. The van der Waals surface area contributed by atoms with Gasteiger partial charge in [0, 0.05) is 22.1 Å². The molecule has 0 radical (unpaired) electrons. The molecule has 8 heteroatoms. The van der Waals surface area contributed by atoms with Gasteiger partial charge in [-0.15, -0.1) is 0 Å². The van der Waals surface area contributed by atoms with Crippen molar-refractivity contribution in [2.45, 2.75) is 16.3 Å². The predicted octanol–water partition coefficient (Wildman–Crippen LogP) is 4.21. The lowest BCUT2D eigenvalue weighted by molar-refractivity contribution is -0.121. The topological polar surface area (TPSA) is 85.1 Å². The Bertz CT molecular complexity index is 1030. The molecule has 0 fully saturated rings. The fraction of sp³-hybridized carbons (Fsp3) is 0.136. The molecule has 1 aromatic heterocycles. The Morgan fingerprint density at radius 1 is 1.10 bits per heavy atom. The second-order valence-electron chi connectivity index (χ2n) is 6.55. The van der Waals surface area contributed by atoms with Gasteiger partial charge in [-0.25, -0.2) is 9.37 Å². The number of halogens is 2. The smallest absolute Gasteiger partial charge is 0.252 e. The molecule has 0 aliphatic rings. The number of hydrogen-bond acceptors (Lipinski definition) is 4. The molecule has 3 aromatic rings. The third kappa shape index (κ3) is 6.14. The van der Waals surface area contributed by atoms with E-state index in [1.807, 2.05) is 24.3 Å². The van der Waals surface area contributed by atoms with Crippen LogP contribution >= 0.6 is 27.7 Å². The molecule has 154 valence electrons. The molecule has 2 amide bonds. The molecular formula is C22H19BrFN3O2S. The zero-order valence-corrected chi connectivity index (χ0v) is 18.3. The van der Waals surface area contributed by atoms with Crippen molar-refractivity contribution in [2.24, 2.45) is 11.7 Å². The van der Waals surface area contributed by atoms with Gasteiger partial charge in [-0.05, 0) is 64.3 Å². The van der Waals surface area contributed by atoms with Gasteiger partial charge in [-0.3, -0.25) is 9.59 Å². The number of pyridine rings is 1. The Hall–Kier alpha value is -2.71. The lowest BCUT2D eigenvalue weighted by atomic mass is 9.98. The van der Waals surface area contributed by atoms with E-state index in [2.05, 4.69) is 26.2 Å². The molecule has 1 heterocycles. The van der Waals surface area contributed by atoms with Gasteiger partial charge in [-0.2, -0.15) is 0 Å². The van der Waals surface area contributed by atoms with E-state index < -0.39 is 11.8 Å². The van der Waals surface area contributed by atoms with E-state index in [-0.39, 0.29) is 18.3 Å². The first-order valence-electron chi connectivity index (χ1n) is 9.13. The largest absolute Gasteiger partial charge is 0.369 e. The van der Waals surface area contributed by atoms with Gasteiger partial charge < -0.3 is 11.1 Å². The summed E-state index contributed by atoms with van der Waals surface area (Å²) in [6.07, 6.45) is 2.01. The second kappa shape index (κ2) is 10.4. The number of amides is 2. The molecule has 3 N–H and O–H groups in total. The number of nitrogens with zero attached hydrogens (tertiary/aromatic N) is 1. The van der Waals surface area contributed by atoms with Gasteiger partial charge in [0.2, 0.25) is 5.91 Å². The number of rotatable bonds is 8. The van der Waals surface area contributed by atoms with Crippen molar-refractivity contribution in [1.82, 2.24) is 10.3 Å². The summed E-state index contributed by atoms with van der Waals surface area (Å²) >= 11 is 4.73. The van der Waals surface area contributed by atoms with Crippen molar-refractivity contribution in [3.8, 4) is 0 Å². The number of benzene rings is 2. The lowest BCUT2D eigenvalue weighted by Gasteiger charge is -2.15. The molecule has 2 aromatic carbocycles. The molecule has 0 aliphatic heterocycles. The summed E-state index contributed by atoms with van der Waals surface area (Å²) in [5, 5.41) is 3.55. The summed E-state index contributed by atoms with van der Waals surface area (Å²) < 4.78 is 14.0. The third-order valence-electron chi connectivity index (χ3n) is 4.35. The minimum Gasteiger partial charge on any atom is -0.369 e. The van der Waals surface area contributed by atoms with Crippen molar-refractivity contribution in [1.29, 1.82) is 0 Å². The van der Waals surface area contributed by atoms with Crippen LogP contribution in [0.15, 0.2) is 81.3 Å². The summed E-state index contributed by atoms with van der Waals surface area (Å²) in [6.45, 7) is 0.0844. The SMILES string of the molecule is NC(=O)C(CNC(=O)c1ccccc1Sc1ccc(Br)cn1)Cc1ccc(F)cc1. The highest BCUT2D eigenvalue weighted by Gasteiger charge is 2.19. The van der Waals surface area contributed by atoms with Crippen LogP contribution in [0, 0.1) is 11.7 Å². The number of nitrogens with one attached hydrogen (secondary N) is 1. The number of nitrogens with two attached hydrogens (primary N) is 1. The molecular weight excluding hydrogens is 469 g/mol. The van der Waals surface area contributed by atoms with Crippen LogP contribution in [-0.4, -0.2) is 23.3 Å². The van der Waals surface area contributed by atoms with Gasteiger partial charge in [0.25, 0.3) is 5.91 Å². The van der Waals surface area contributed by atoms with Crippen molar-refractivity contribution >= 4 is 39.5 Å². The first kappa shape index (κ1) is 22.0. The van der Waals surface area contributed by atoms with Gasteiger partial charge in [0.1, 0.15) is 10.8 Å². The molecule has 0 bridgehead atoms. The van der Waals surface area contributed by atoms with E-state index in [0.29, 0.717) is 12.0 Å². The van der Waals surface area contributed by atoms with E-state index in [9.17, 15) is 14.0 Å². The van der Waals surface area contributed by atoms with E-state index in [1.54, 1.807) is 30.5 Å². The van der Waals surface area contributed by atoms with Crippen LogP contribution in [0.25, 0.3) is 0 Å². The maximum atomic E-state index is 13.1. The minimum absolute atomic E-state index is 0.0844. The van der Waals surface area contributed by atoms with Gasteiger partial charge in [0.05, 0.1) is 11.5 Å². The maximum Gasteiger partial charge on any atom is 0.252 e. The first-order valence-corrected chi connectivity index (χ1v) is 10.7. The van der Waals surface area contributed by atoms with Crippen molar-refractivity contribution in [3.63, 3.8) is 0 Å². The van der Waals surface area contributed by atoms with Crippen LogP contribution < -0.4 is 11.1 Å². The molecule has 0 aliphatic carbocycles. The Labute approximate surface area is 186 Å². The van der Waals surface area contributed by atoms with Crippen LogP contribution in [0.2, 0.25) is 0 Å². The molecule has 0 saturated heterocycles. The second-order valence-corrected chi connectivity index (χ2v) is 8.53. The van der Waals surface area contributed by atoms with Crippen molar-refractivity contribution in [2.75, 3.05) is 6.54 Å². The highest BCUT2D eigenvalue weighted by molar-refractivity contribution is 9.10. The maximum absolute atomic E-state index is 13.1. The summed E-state index contributed by atoms with van der Waals surface area (Å²) in [5.41, 5.74) is 6.76. The first-order chi connectivity index (χ1) is 14.4. The van der Waals surface area contributed by atoms with E-state index >= 15 is 0 Å². The summed E-state index contributed by atoms with van der Waals surface area (Å²) in [6, 6.07) is 16.8. The molecule has 5 nitrogen and oxygen atoms in total. The van der Waals surface area contributed by atoms with E-state index in [0.717, 1.165) is 20.0 Å². The third-order valence-corrected chi connectivity index (χ3v) is 5.85. The Morgan fingerprint density at radius 3 is 2.50 bits per heavy atom. The van der Waals surface area contributed by atoms with Crippen molar-refractivity contribution in [3.05, 3.63) is 88.3 Å². The highest BCUT2D eigenvalue weighted by Crippen LogP contribution is 2.29. The zero-order valence-electron chi connectivity index (χ0n) is 15.8. The highest BCUT2D eigenvalue weighted by atomic mass is 79.9. The van der Waals surface area contributed by atoms with Gasteiger partial charge >= 0.3 is 0 Å². The van der Waals surface area contributed by atoms with Gasteiger partial charge in [-0.1, -0.05) is 36.0 Å². The van der Waals surface area contributed by atoms with Crippen LogP contribution in [0.1, 0.15) is 15.9 Å². The molecule has 3 rings (SSSR count). The monoisotopic (exact) mass is 487 g/mol. The van der Waals surface area contributed by atoms with Crippen LogP contribution in [0.5, 0.6) is 0 Å². The number of hydrogen-bond donors (Lipinski definition) is 2.